The Bertz CT molecular complexity index is 3930. The van der Waals surface area contributed by atoms with Crippen LogP contribution in [0.4, 0.5) is 34.1 Å². The van der Waals surface area contributed by atoms with Gasteiger partial charge in [-0.3, -0.25) is 8.80 Å². The quantitative estimate of drug-likeness (QED) is 0.130. The molecule has 6 nitrogen and oxygen atoms in total. The average molecular weight is 878 g/mol. The summed E-state index contributed by atoms with van der Waals surface area (Å²) in [5.41, 5.74) is 15.4. The van der Waals surface area contributed by atoms with Gasteiger partial charge in [0.2, 0.25) is 0 Å². The van der Waals surface area contributed by atoms with Crippen molar-refractivity contribution in [3.05, 3.63) is 267 Å². The van der Waals surface area contributed by atoms with E-state index in [2.05, 4.69) is 105 Å². The third kappa shape index (κ3) is 7.56. The third-order valence-electron chi connectivity index (χ3n) is 12.2. The standard InChI is InChI=1S/C62H44N6/c1-5-18-47(19-6-1)59-62(66-43-16-13-28-57(66)63-59)49-34-40-54(41-35-49)67(51-23-9-3-10-24-51)53-36-30-45(31-37-53)46-32-38-55(39-33-46)68(52-25-11-4-12-26-52)56-27-17-22-50(44-56)60-61(48-20-7-2-8-21-48)65-42-15-14-29-58(65)64-60/h1-44H/i4D,11D,12D,25D,26D. The Morgan fingerprint density at radius 2 is 0.706 bits per heavy atom. The molecule has 0 aliphatic carbocycles. The Morgan fingerprint density at radius 1 is 0.309 bits per heavy atom. The van der Waals surface area contributed by atoms with Gasteiger partial charge >= 0.3 is 0 Å². The molecule has 0 atom stereocenters. The monoisotopic (exact) mass is 877 g/mol. The number of hydrogen-bond donors (Lipinski definition) is 0. The highest BCUT2D eigenvalue weighted by molar-refractivity contribution is 5.87. The van der Waals surface area contributed by atoms with E-state index in [1.54, 1.807) is 4.90 Å². The average Bonchev–Trinajstić information content (AvgIpc) is 4.05. The van der Waals surface area contributed by atoms with E-state index in [-0.39, 0.29) is 17.8 Å². The Balaban J connectivity index is 0.900. The zero-order chi connectivity index (χ0) is 49.6. The molecule has 0 spiro atoms. The minimum absolute atomic E-state index is 0.0442. The van der Waals surface area contributed by atoms with Gasteiger partial charge in [-0.25, -0.2) is 9.97 Å². The van der Waals surface area contributed by atoms with Gasteiger partial charge in [0.1, 0.15) is 11.3 Å². The van der Waals surface area contributed by atoms with Crippen molar-refractivity contribution in [1.29, 1.82) is 0 Å². The second kappa shape index (κ2) is 17.6. The first-order valence-electron chi connectivity index (χ1n) is 25.0. The smallest absolute Gasteiger partial charge is 0.137 e. The second-order valence-electron chi connectivity index (χ2n) is 16.4. The fourth-order valence-electron chi connectivity index (χ4n) is 9.09. The number of anilines is 6. The van der Waals surface area contributed by atoms with E-state index >= 15 is 0 Å². The molecule has 0 radical (unpaired) electrons. The highest BCUT2D eigenvalue weighted by Crippen LogP contribution is 2.42. The molecule has 4 aromatic heterocycles. The summed E-state index contributed by atoms with van der Waals surface area (Å²) in [5.74, 6) is 0. The number of para-hydroxylation sites is 2. The first-order chi connectivity index (χ1) is 35.8. The second-order valence-corrected chi connectivity index (χ2v) is 16.4. The lowest BCUT2D eigenvalue weighted by atomic mass is 10.0. The molecule has 0 unspecified atom stereocenters. The van der Waals surface area contributed by atoms with Gasteiger partial charge in [-0.15, -0.1) is 0 Å². The minimum Gasteiger partial charge on any atom is -0.311 e. The van der Waals surface area contributed by atoms with Crippen LogP contribution >= 0.6 is 0 Å². The lowest BCUT2D eigenvalue weighted by molar-refractivity contribution is 1.19. The third-order valence-corrected chi connectivity index (χ3v) is 12.2. The molecule has 0 aliphatic rings. The van der Waals surface area contributed by atoms with Gasteiger partial charge < -0.3 is 9.80 Å². The predicted octanol–water partition coefficient (Wildman–Crippen LogP) is 16.3. The van der Waals surface area contributed by atoms with Crippen LogP contribution in [0.3, 0.4) is 0 Å². The fourth-order valence-corrected chi connectivity index (χ4v) is 9.09. The summed E-state index contributed by atoms with van der Waals surface area (Å²) in [6, 6.07) is 73.5. The summed E-state index contributed by atoms with van der Waals surface area (Å²) in [4.78, 5) is 14.1. The molecule has 4 heterocycles. The lowest BCUT2D eigenvalue weighted by Crippen LogP contribution is -2.10. The van der Waals surface area contributed by atoms with Gasteiger partial charge in [-0.1, -0.05) is 158 Å². The molecule has 12 aromatic rings. The van der Waals surface area contributed by atoms with Crippen LogP contribution in [-0.4, -0.2) is 18.8 Å². The zero-order valence-electron chi connectivity index (χ0n) is 41.7. The summed E-state index contributed by atoms with van der Waals surface area (Å²) in [7, 11) is 0. The number of hydrogen-bond acceptors (Lipinski definition) is 4. The maximum Gasteiger partial charge on any atom is 0.137 e. The maximum absolute atomic E-state index is 9.13. The van der Waals surface area contributed by atoms with Gasteiger partial charge in [0.15, 0.2) is 0 Å². The van der Waals surface area contributed by atoms with Crippen LogP contribution < -0.4 is 9.80 Å². The van der Waals surface area contributed by atoms with Crippen LogP contribution in [0, 0.1) is 0 Å². The van der Waals surface area contributed by atoms with E-state index in [0.29, 0.717) is 11.4 Å². The molecule has 12 rings (SSSR count). The van der Waals surface area contributed by atoms with Crippen molar-refractivity contribution < 1.29 is 6.85 Å². The first kappa shape index (κ1) is 35.1. The van der Waals surface area contributed by atoms with Crippen molar-refractivity contribution in [2.24, 2.45) is 0 Å². The molecule has 0 N–H and O–H groups in total. The maximum atomic E-state index is 9.13. The lowest BCUT2D eigenvalue weighted by Gasteiger charge is -2.26. The highest BCUT2D eigenvalue weighted by Gasteiger charge is 2.20. The van der Waals surface area contributed by atoms with E-state index in [0.717, 1.165) is 84.5 Å². The largest absolute Gasteiger partial charge is 0.311 e. The number of fused-ring (bicyclic) bond motifs is 2. The molecule has 0 fully saturated rings. The topological polar surface area (TPSA) is 41.1 Å². The molecule has 68 heavy (non-hydrogen) atoms. The molecule has 322 valence electrons. The molecule has 8 aromatic carbocycles. The van der Waals surface area contributed by atoms with Crippen LogP contribution in [0.1, 0.15) is 6.85 Å². The van der Waals surface area contributed by atoms with Gasteiger partial charge in [0.25, 0.3) is 0 Å². The van der Waals surface area contributed by atoms with Gasteiger partial charge in [-0.2, -0.15) is 0 Å². The Labute approximate surface area is 402 Å². The van der Waals surface area contributed by atoms with E-state index in [4.69, 9.17) is 16.8 Å². The van der Waals surface area contributed by atoms with E-state index in [1.165, 1.54) is 0 Å². The molecule has 0 saturated heterocycles. The van der Waals surface area contributed by atoms with E-state index in [1.807, 2.05) is 146 Å². The normalized spacial score (nSPS) is 12.3. The number of benzene rings is 8. The molecular weight excluding hydrogens is 829 g/mol. The van der Waals surface area contributed by atoms with Crippen molar-refractivity contribution >= 4 is 45.4 Å². The Kier molecular flexibility index (Phi) is 9.08. The van der Waals surface area contributed by atoms with Crippen LogP contribution in [0.15, 0.2) is 267 Å². The SMILES string of the molecule is [2H]c1c([2H])c([2H])c(N(c2ccc(-c3ccc(N(c4ccccc4)c4ccc(-c5c(-c6ccccc6)nc6ccccn56)cc4)cc3)cc2)c2cccc(-c3nc4ccccn4c3-c3ccccc3)c2)c([2H])c1[2H]. The molecular formula is C62H44N6. The summed E-state index contributed by atoms with van der Waals surface area (Å²) in [5, 5.41) is 0. The summed E-state index contributed by atoms with van der Waals surface area (Å²) < 4.78 is 48.2. The first-order valence-corrected chi connectivity index (χ1v) is 22.5. The van der Waals surface area contributed by atoms with Crippen LogP contribution in [0.5, 0.6) is 0 Å². The number of imidazole rings is 2. The molecule has 6 heteroatoms. The Hall–Kier alpha value is -9.26. The van der Waals surface area contributed by atoms with Crippen LogP contribution in [0.25, 0.3) is 67.5 Å². The Morgan fingerprint density at radius 3 is 1.25 bits per heavy atom. The molecule has 0 bridgehead atoms. The number of nitrogens with zero attached hydrogens (tertiary/aromatic N) is 6. The van der Waals surface area contributed by atoms with Crippen molar-refractivity contribution in [2.75, 3.05) is 9.80 Å². The summed E-state index contributed by atoms with van der Waals surface area (Å²) >= 11 is 0. The molecule has 0 amide bonds. The van der Waals surface area contributed by atoms with Gasteiger partial charge in [0, 0.05) is 68.8 Å². The predicted molar refractivity (Wildman–Crippen MR) is 280 cm³/mol. The van der Waals surface area contributed by atoms with Crippen LogP contribution in [-0.2, 0) is 0 Å². The van der Waals surface area contributed by atoms with Gasteiger partial charge in [-0.05, 0) is 108 Å². The minimum atomic E-state index is -0.452. The summed E-state index contributed by atoms with van der Waals surface area (Å²) in [6.07, 6.45) is 4.06. The molecule has 0 aliphatic heterocycles. The summed E-state index contributed by atoms with van der Waals surface area (Å²) in [6.45, 7) is 0. The number of rotatable bonds is 11. The van der Waals surface area contributed by atoms with Gasteiger partial charge in [0.05, 0.1) is 29.6 Å². The zero-order valence-corrected chi connectivity index (χ0v) is 36.7. The number of aromatic nitrogens is 4. The van der Waals surface area contributed by atoms with E-state index < -0.39 is 18.1 Å². The van der Waals surface area contributed by atoms with Crippen molar-refractivity contribution in [2.45, 2.75) is 0 Å². The number of pyridine rings is 2. The van der Waals surface area contributed by atoms with Crippen molar-refractivity contribution in [3.63, 3.8) is 0 Å². The molecule has 0 saturated carbocycles. The van der Waals surface area contributed by atoms with Crippen LogP contribution in [0.2, 0.25) is 0 Å². The van der Waals surface area contributed by atoms with E-state index in [9.17, 15) is 0 Å². The van der Waals surface area contributed by atoms with Crippen molar-refractivity contribution in [3.8, 4) is 56.2 Å². The highest BCUT2D eigenvalue weighted by atomic mass is 15.1. The fraction of sp³-hybridized carbons (Fsp3) is 0. The van der Waals surface area contributed by atoms with Crippen molar-refractivity contribution in [1.82, 2.24) is 18.8 Å².